The maximum absolute atomic E-state index is 13.6. The number of hydrogen-bond donors (Lipinski definition) is 1. The van der Waals surface area contributed by atoms with Gasteiger partial charge in [0.25, 0.3) is 0 Å². The van der Waals surface area contributed by atoms with Crippen molar-refractivity contribution >= 4 is 11.0 Å². The van der Waals surface area contributed by atoms with Crippen LogP contribution < -0.4 is 0 Å². The van der Waals surface area contributed by atoms with Gasteiger partial charge in [-0.05, 0) is 30.5 Å². The zero-order valence-corrected chi connectivity index (χ0v) is 8.16. The highest BCUT2D eigenvalue weighted by atomic mass is 19.1. The van der Waals surface area contributed by atoms with Crippen molar-refractivity contribution in [3.63, 3.8) is 0 Å². The van der Waals surface area contributed by atoms with Crippen LogP contribution in [0.25, 0.3) is 11.0 Å². The van der Waals surface area contributed by atoms with Gasteiger partial charge in [0.15, 0.2) is 0 Å². The zero-order chi connectivity index (χ0) is 10.5. The smallest absolute Gasteiger partial charge is 0.136 e. The second-order valence-electron chi connectivity index (χ2n) is 4.30. The van der Waals surface area contributed by atoms with Crippen molar-refractivity contribution < 1.29 is 13.9 Å². The lowest BCUT2D eigenvalue weighted by Crippen LogP contribution is -2.11. The highest BCUT2D eigenvalue weighted by Gasteiger charge is 2.40. The molecular formula is C12H11FO2. The van der Waals surface area contributed by atoms with Gasteiger partial charge in [-0.25, -0.2) is 4.39 Å². The fourth-order valence-electron chi connectivity index (χ4n) is 1.84. The van der Waals surface area contributed by atoms with Crippen LogP contribution in [0.3, 0.4) is 0 Å². The third-order valence-electron chi connectivity index (χ3n) is 2.97. The minimum atomic E-state index is -0.655. The Hall–Kier alpha value is -1.35. The van der Waals surface area contributed by atoms with Crippen LogP contribution in [0.15, 0.2) is 28.9 Å². The van der Waals surface area contributed by atoms with E-state index < -0.39 is 5.60 Å². The largest absolute Gasteiger partial charge is 0.464 e. The van der Waals surface area contributed by atoms with Crippen molar-refractivity contribution in [2.45, 2.75) is 24.9 Å². The van der Waals surface area contributed by atoms with E-state index in [1.807, 2.05) is 0 Å². The summed E-state index contributed by atoms with van der Waals surface area (Å²) in [6, 6.07) is 4.94. The molecule has 3 rings (SSSR count). The summed E-state index contributed by atoms with van der Waals surface area (Å²) in [5.41, 5.74) is 0.473. The molecule has 2 aromatic rings. The first-order valence-electron chi connectivity index (χ1n) is 5.04. The Balaban J connectivity index is 2.05. The van der Waals surface area contributed by atoms with Gasteiger partial charge in [0.1, 0.15) is 11.4 Å². The molecule has 0 bridgehead atoms. The van der Waals surface area contributed by atoms with Gasteiger partial charge in [-0.15, -0.1) is 0 Å². The number of furan rings is 1. The van der Waals surface area contributed by atoms with Crippen LogP contribution in [0.2, 0.25) is 0 Å². The topological polar surface area (TPSA) is 33.4 Å². The Morgan fingerprint density at radius 1 is 1.40 bits per heavy atom. The van der Waals surface area contributed by atoms with E-state index in [9.17, 15) is 9.50 Å². The lowest BCUT2D eigenvalue weighted by Gasteiger charge is -2.08. The van der Waals surface area contributed by atoms with Gasteiger partial charge in [-0.3, -0.25) is 0 Å². The van der Waals surface area contributed by atoms with Crippen LogP contribution in [0.4, 0.5) is 4.39 Å². The molecule has 1 N–H and O–H groups in total. The molecule has 1 fully saturated rings. The first kappa shape index (κ1) is 8.92. The molecular weight excluding hydrogens is 195 g/mol. The Bertz CT molecular complexity index is 511. The van der Waals surface area contributed by atoms with E-state index in [4.69, 9.17) is 4.42 Å². The molecule has 0 aliphatic heterocycles. The number of hydrogen-bond acceptors (Lipinski definition) is 2. The summed E-state index contributed by atoms with van der Waals surface area (Å²) in [5.74, 6) is -0.294. The van der Waals surface area contributed by atoms with E-state index in [1.165, 1.54) is 6.07 Å². The Morgan fingerprint density at radius 2 is 2.20 bits per heavy atom. The summed E-state index contributed by atoms with van der Waals surface area (Å²) in [7, 11) is 0. The fraction of sp³-hybridized carbons (Fsp3) is 0.333. The summed E-state index contributed by atoms with van der Waals surface area (Å²) in [6.45, 7) is 0. The summed E-state index contributed by atoms with van der Waals surface area (Å²) in [4.78, 5) is 0. The van der Waals surface area contributed by atoms with Crippen molar-refractivity contribution in [2.24, 2.45) is 0 Å². The molecule has 0 amide bonds. The van der Waals surface area contributed by atoms with Gasteiger partial charge < -0.3 is 9.52 Å². The highest BCUT2D eigenvalue weighted by Crippen LogP contribution is 2.39. The molecule has 0 unspecified atom stereocenters. The Labute approximate surface area is 86.3 Å². The molecule has 1 heterocycles. The highest BCUT2D eigenvalue weighted by molar-refractivity contribution is 5.78. The van der Waals surface area contributed by atoms with Crippen LogP contribution in [-0.2, 0) is 6.42 Å². The van der Waals surface area contributed by atoms with E-state index >= 15 is 0 Å². The Kier molecular flexibility index (Phi) is 1.68. The lowest BCUT2D eigenvalue weighted by molar-refractivity contribution is 0.150. The molecule has 3 heteroatoms. The molecule has 1 saturated carbocycles. The number of aliphatic hydroxyl groups is 1. The molecule has 78 valence electrons. The normalized spacial score (nSPS) is 18.3. The summed E-state index contributed by atoms with van der Waals surface area (Å²) < 4.78 is 18.7. The molecule has 1 aromatic carbocycles. The van der Waals surface area contributed by atoms with E-state index in [0.717, 1.165) is 18.2 Å². The maximum atomic E-state index is 13.6. The van der Waals surface area contributed by atoms with Gasteiger partial charge in [-0.1, -0.05) is 0 Å². The number of rotatable bonds is 2. The van der Waals surface area contributed by atoms with Crippen LogP contribution >= 0.6 is 0 Å². The molecule has 2 nitrogen and oxygen atoms in total. The van der Waals surface area contributed by atoms with Gasteiger partial charge in [0.05, 0.1) is 11.9 Å². The van der Waals surface area contributed by atoms with Crippen molar-refractivity contribution in [2.75, 3.05) is 0 Å². The summed E-state index contributed by atoms with van der Waals surface area (Å²) in [6.07, 6.45) is 3.49. The summed E-state index contributed by atoms with van der Waals surface area (Å²) >= 11 is 0. The van der Waals surface area contributed by atoms with Crippen LogP contribution in [0.5, 0.6) is 0 Å². The number of benzene rings is 1. The second-order valence-corrected chi connectivity index (χ2v) is 4.30. The molecule has 15 heavy (non-hydrogen) atoms. The quantitative estimate of drug-likeness (QED) is 0.819. The van der Waals surface area contributed by atoms with Crippen LogP contribution in [0, 0.1) is 5.82 Å². The van der Waals surface area contributed by atoms with Crippen LogP contribution in [-0.4, -0.2) is 10.7 Å². The minimum Gasteiger partial charge on any atom is -0.464 e. The molecule has 0 spiro atoms. The molecule has 0 atom stereocenters. The predicted octanol–water partition coefficient (Wildman–Crippen LogP) is 2.64. The molecule has 0 radical (unpaired) electrons. The standard InChI is InChI=1S/C12H11FO2/c13-10-6-11-8(1-4-15-11)5-9(10)7-12(14)2-3-12/h1,4-6,14H,2-3,7H2. The van der Waals surface area contributed by atoms with E-state index in [0.29, 0.717) is 17.6 Å². The number of fused-ring (bicyclic) bond motifs is 1. The van der Waals surface area contributed by atoms with E-state index in [2.05, 4.69) is 0 Å². The Morgan fingerprint density at radius 3 is 2.93 bits per heavy atom. The van der Waals surface area contributed by atoms with Gasteiger partial charge in [-0.2, -0.15) is 0 Å². The monoisotopic (exact) mass is 206 g/mol. The average molecular weight is 206 g/mol. The third-order valence-corrected chi connectivity index (χ3v) is 2.97. The van der Waals surface area contributed by atoms with Gasteiger partial charge in [0, 0.05) is 17.9 Å². The van der Waals surface area contributed by atoms with E-state index in [1.54, 1.807) is 18.4 Å². The second kappa shape index (κ2) is 2.83. The van der Waals surface area contributed by atoms with Crippen molar-refractivity contribution in [3.05, 3.63) is 35.8 Å². The molecule has 0 saturated heterocycles. The fourth-order valence-corrected chi connectivity index (χ4v) is 1.84. The van der Waals surface area contributed by atoms with Crippen molar-refractivity contribution in [1.82, 2.24) is 0 Å². The molecule has 1 aromatic heterocycles. The molecule has 1 aliphatic carbocycles. The first-order chi connectivity index (χ1) is 7.16. The SMILES string of the molecule is OC1(Cc2cc3ccoc3cc2F)CC1. The minimum absolute atomic E-state index is 0.294. The van der Waals surface area contributed by atoms with Crippen molar-refractivity contribution in [1.29, 1.82) is 0 Å². The van der Waals surface area contributed by atoms with Crippen LogP contribution in [0.1, 0.15) is 18.4 Å². The maximum Gasteiger partial charge on any atom is 0.136 e. The average Bonchev–Trinajstić information content (AvgIpc) is 2.74. The lowest BCUT2D eigenvalue weighted by atomic mass is 10.0. The van der Waals surface area contributed by atoms with Gasteiger partial charge >= 0.3 is 0 Å². The first-order valence-corrected chi connectivity index (χ1v) is 5.04. The van der Waals surface area contributed by atoms with E-state index in [-0.39, 0.29) is 5.82 Å². The third kappa shape index (κ3) is 1.53. The predicted molar refractivity (Wildman–Crippen MR) is 54.1 cm³/mol. The van der Waals surface area contributed by atoms with Gasteiger partial charge in [0.2, 0.25) is 0 Å². The number of halogens is 1. The van der Waals surface area contributed by atoms with Crippen molar-refractivity contribution in [3.8, 4) is 0 Å². The molecule has 1 aliphatic rings. The summed E-state index contributed by atoms with van der Waals surface area (Å²) in [5, 5.41) is 10.6. The zero-order valence-electron chi connectivity index (χ0n) is 8.16.